The fourth-order valence-electron chi connectivity index (χ4n) is 3.37. The van der Waals surface area contributed by atoms with Gasteiger partial charge in [0.05, 0.1) is 0 Å². The van der Waals surface area contributed by atoms with Gasteiger partial charge in [0, 0.05) is 6.04 Å². The Morgan fingerprint density at radius 1 is 1.10 bits per heavy atom. The van der Waals surface area contributed by atoms with E-state index in [1.54, 1.807) is 19.1 Å². The van der Waals surface area contributed by atoms with Crippen molar-refractivity contribution in [2.24, 2.45) is 5.92 Å². The minimum Gasteiger partial charge on any atom is -0.314 e. The summed E-state index contributed by atoms with van der Waals surface area (Å²) in [7, 11) is 0. The van der Waals surface area contributed by atoms with E-state index in [-0.39, 0.29) is 5.92 Å². The SMILES string of the molecule is Cc1ccc(C2CCCCCC2CNC(C)C)c(F)c1F. The van der Waals surface area contributed by atoms with Crippen LogP contribution in [0.25, 0.3) is 0 Å². The highest BCUT2D eigenvalue weighted by molar-refractivity contribution is 5.29. The van der Waals surface area contributed by atoms with E-state index in [9.17, 15) is 8.78 Å². The van der Waals surface area contributed by atoms with Crippen LogP contribution in [0.15, 0.2) is 12.1 Å². The van der Waals surface area contributed by atoms with Crippen LogP contribution in [0.4, 0.5) is 8.78 Å². The van der Waals surface area contributed by atoms with Crippen molar-refractivity contribution in [1.29, 1.82) is 0 Å². The lowest BCUT2D eigenvalue weighted by molar-refractivity contribution is 0.351. The quantitative estimate of drug-likeness (QED) is 0.776. The molecule has 2 rings (SSSR count). The molecule has 0 aliphatic heterocycles. The van der Waals surface area contributed by atoms with Gasteiger partial charge < -0.3 is 5.32 Å². The van der Waals surface area contributed by atoms with Crippen LogP contribution in [0, 0.1) is 24.5 Å². The summed E-state index contributed by atoms with van der Waals surface area (Å²) in [5.74, 6) is -0.774. The third-order valence-electron chi connectivity index (χ3n) is 4.65. The van der Waals surface area contributed by atoms with Gasteiger partial charge in [-0.1, -0.05) is 45.2 Å². The maximum atomic E-state index is 14.4. The molecule has 1 saturated carbocycles. The van der Waals surface area contributed by atoms with Gasteiger partial charge in [0.1, 0.15) is 0 Å². The average molecular weight is 295 g/mol. The van der Waals surface area contributed by atoms with Crippen molar-refractivity contribution in [3.8, 4) is 0 Å². The van der Waals surface area contributed by atoms with Crippen LogP contribution in [-0.4, -0.2) is 12.6 Å². The highest BCUT2D eigenvalue weighted by Gasteiger charge is 2.28. The first-order chi connectivity index (χ1) is 10.0. The first kappa shape index (κ1) is 16.4. The standard InChI is InChI=1S/C18H27F2N/c1-12(2)21-11-14-7-5-4-6-8-15(14)16-10-9-13(3)17(19)18(16)20/h9-10,12,14-15,21H,4-8,11H2,1-3H3. The first-order valence-electron chi connectivity index (χ1n) is 8.18. The molecule has 0 aromatic heterocycles. The van der Waals surface area contributed by atoms with Crippen molar-refractivity contribution in [3.63, 3.8) is 0 Å². The Labute approximate surface area is 127 Å². The molecular weight excluding hydrogens is 268 g/mol. The highest BCUT2D eigenvalue weighted by atomic mass is 19.2. The van der Waals surface area contributed by atoms with Crippen LogP contribution in [0.5, 0.6) is 0 Å². The van der Waals surface area contributed by atoms with Crippen molar-refractivity contribution in [3.05, 3.63) is 34.9 Å². The van der Waals surface area contributed by atoms with E-state index in [4.69, 9.17) is 0 Å². The van der Waals surface area contributed by atoms with Gasteiger partial charge in [0.25, 0.3) is 0 Å². The predicted molar refractivity (Wildman–Crippen MR) is 83.5 cm³/mol. The molecule has 0 heterocycles. The Balaban J connectivity index is 2.25. The van der Waals surface area contributed by atoms with Crippen LogP contribution in [0.3, 0.4) is 0 Å². The molecule has 0 bridgehead atoms. The van der Waals surface area contributed by atoms with Gasteiger partial charge in [-0.25, -0.2) is 8.78 Å². The molecule has 3 heteroatoms. The van der Waals surface area contributed by atoms with E-state index in [0.717, 1.165) is 25.8 Å². The Morgan fingerprint density at radius 2 is 1.81 bits per heavy atom. The zero-order valence-corrected chi connectivity index (χ0v) is 13.4. The number of hydrogen-bond donors (Lipinski definition) is 1. The normalized spacial score (nSPS) is 23.3. The lowest BCUT2D eigenvalue weighted by Gasteiger charge is -2.27. The van der Waals surface area contributed by atoms with E-state index in [1.165, 1.54) is 12.8 Å². The average Bonchev–Trinajstić information content (AvgIpc) is 2.68. The van der Waals surface area contributed by atoms with Crippen molar-refractivity contribution in [1.82, 2.24) is 5.32 Å². The smallest absolute Gasteiger partial charge is 0.162 e. The molecular formula is C18H27F2N. The van der Waals surface area contributed by atoms with Gasteiger partial charge in [-0.3, -0.25) is 0 Å². The molecule has 2 unspecified atom stereocenters. The summed E-state index contributed by atoms with van der Waals surface area (Å²) in [6.07, 6.45) is 5.56. The van der Waals surface area contributed by atoms with Gasteiger partial charge >= 0.3 is 0 Å². The number of benzene rings is 1. The molecule has 0 saturated heterocycles. The lowest BCUT2D eigenvalue weighted by atomic mass is 9.81. The van der Waals surface area contributed by atoms with Crippen LogP contribution in [-0.2, 0) is 0 Å². The topological polar surface area (TPSA) is 12.0 Å². The lowest BCUT2D eigenvalue weighted by Crippen LogP contribution is -2.32. The van der Waals surface area contributed by atoms with E-state index in [0.29, 0.717) is 23.1 Å². The fourth-order valence-corrected chi connectivity index (χ4v) is 3.37. The Bertz CT molecular complexity index is 471. The number of nitrogens with one attached hydrogen (secondary N) is 1. The molecule has 21 heavy (non-hydrogen) atoms. The zero-order valence-electron chi connectivity index (χ0n) is 13.4. The molecule has 0 spiro atoms. The van der Waals surface area contributed by atoms with Crippen LogP contribution >= 0.6 is 0 Å². The second-order valence-electron chi connectivity index (χ2n) is 6.67. The summed E-state index contributed by atoms with van der Waals surface area (Å²) in [6, 6.07) is 3.94. The van der Waals surface area contributed by atoms with Crippen LogP contribution in [0.1, 0.15) is 63.0 Å². The number of halogens is 2. The molecule has 1 nitrogen and oxygen atoms in total. The summed E-state index contributed by atoms with van der Waals surface area (Å²) < 4.78 is 28.3. The van der Waals surface area contributed by atoms with Gasteiger partial charge in [-0.2, -0.15) is 0 Å². The maximum Gasteiger partial charge on any atom is 0.162 e. The second-order valence-corrected chi connectivity index (χ2v) is 6.67. The maximum absolute atomic E-state index is 14.4. The Hall–Kier alpha value is -0.960. The molecule has 1 N–H and O–H groups in total. The van der Waals surface area contributed by atoms with Crippen molar-refractivity contribution in [2.75, 3.05) is 6.54 Å². The fraction of sp³-hybridized carbons (Fsp3) is 0.667. The molecule has 2 atom stereocenters. The summed E-state index contributed by atoms with van der Waals surface area (Å²) in [5.41, 5.74) is 0.970. The van der Waals surface area contributed by atoms with Gasteiger partial charge in [-0.15, -0.1) is 0 Å². The monoisotopic (exact) mass is 295 g/mol. The van der Waals surface area contributed by atoms with E-state index in [1.807, 2.05) is 0 Å². The first-order valence-corrected chi connectivity index (χ1v) is 8.18. The predicted octanol–water partition coefficient (Wildman–Crippen LogP) is 4.94. The molecule has 1 aromatic carbocycles. The minimum atomic E-state index is -0.674. The third kappa shape index (κ3) is 4.03. The van der Waals surface area contributed by atoms with E-state index in [2.05, 4.69) is 19.2 Å². The largest absolute Gasteiger partial charge is 0.314 e. The minimum absolute atomic E-state index is 0.133. The number of aryl methyl sites for hydroxylation is 1. The summed E-state index contributed by atoms with van der Waals surface area (Å²) in [5, 5.41) is 3.47. The van der Waals surface area contributed by atoms with Crippen molar-refractivity contribution < 1.29 is 8.78 Å². The van der Waals surface area contributed by atoms with Crippen molar-refractivity contribution in [2.45, 2.75) is 64.8 Å². The van der Waals surface area contributed by atoms with Gasteiger partial charge in [-0.05, 0) is 49.3 Å². The molecule has 1 aliphatic rings. The molecule has 0 radical (unpaired) electrons. The number of rotatable bonds is 4. The number of hydrogen-bond acceptors (Lipinski definition) is 1. The summed E-state index contributed by atoms with van der Waals surface area (Å²) in [6.45, 7) is 6.75. The summed E-state index contributed by atoms with van der Waals surface area (Å²) >= 11 is 0. The molecule has 118 valence electrons. The molecule has 1 aliphatic carbocycles. The second kappa shape index (κ2) is 7.35. The molecule has 0 amide bonds. The highest BCUT2D eigenvalue weighted by Crippen LogP contribution is 2.38. The molecule has 1 aromatic rings. The van der Waals surface area contributed by atoms with Crippen LogP contribution in [0.2, 0.25) is 0 Å². The van der Waals surface area contributed by atoms with E-state index < -0.39 is 11.6 Å². The Kier molecular flexibility index (Phi) is 5.74. The Morgan fingerprint density at radius 3 is 2.52 bits per heavy atom. The van der Waals surface area contributed by atoms with Gasteiger partial charge in [0.15, 0.2) is 11.6 Å². The van der Waals surface area contributed by atoms with Crippen LogP contribution < -0.4 is 5.32 Å². The summed E-state index contributed by atoms with van der Waals surface area (Å²) in [4.78, 5) is 0. The van der Waals surface area contributed by atoms with Gasteiger partial charge in [0.2, 0.25) is 0 Å². The third-order valence-corrected chi connectivity index (χ3v) is 4.65. The molecule has 1 fully saturated rings. The zero-order chi connectivity index (χ0) is 15.4. The van der Waals surface area contributed by atoms with Crippen molar-refractivity contribution >= 4 is 0 Å². The van der Waals surface area contributed by atoms with E-state index >= 15 is 0 Å².